The summed E-state index contributed by atoms with van der Waals surface area (Å²) in [7, 11) is 0. The molecule has 1 aliphatic heterocycles. The lowest BCUT2D eigenvalue weighted by Gasteiger charge is -2.22. The molecule has 0 spiro atoms. The van der Waals surface area contributed by atoms with Crippen molar-refractivity contribution >= 4 is 42.3 Å². The molecule has 0 bridgehead atoms. The third kappa shape index (κ3) is 6.80. The molecule has 0 saturated carbocycles. The zero-order valence-electron chi connectivity index (χ0n) is 14.5. The van der Waals surface area contributed by atoms with Crippen molar-refractivity contribution in [3.8, 4) is 0 Å². The minimum absolute atomic E-state index is 0. The molecule has 1 aliphatic rings. The maximum atomic E-state index is 12.1. The Kier molecular flexibility index (Phi) is 9.74. The number of anilines is 1. The molecule has 2 aromatic rings. The molecule has 3 rings (SSSR count). The molecule has 2 heterocycles. The standard InChI is InChI=1S/C18H20N4O3.2ClH/c23-17(14-2-1-7-19-11-14)22-15-5-3-13(4-6-15)10-21-18(24)16-12-25-9-8-20-16;;/h1-7,11,16,20H,8-10,12H2,(H,21,24)(H,22,23);2*1H. The molecule has 1 fully saturated rings. The van der Waals surface area contributed by atoms with Crippen LogP contribution in [-0.2, 0) is 16.1 Å². The summed E-state index contributed by atoms with van der Waals surface area (Å²) in [5, 5.41) is 8.80. The summed E-state index contributed by atoms with van der Waals surface area (Å²) in [6.07, 6.45) is 3.14. The maximum absolute atomic E-state index is 12.1. The van der Waals surface area contributed by atoms with Crippen LogP contribution in [0.1, 0.15) is 15.9 Å². The van der Waals surface area contributed by atoms with E-state index in [4.69, 9.17) is 4.74 Å². The summed E-state index contributed by atoms with van der Waals surface area (Å²) in [5.41, 5.74) is 2.14. The van der Waals surface area contributed by atoms with E-state index in [0.717, 1.165) is 5.56 Å². The summed E-state index contributed by atoms with van der Waals surface area (Å²) in [4.78, 5) is 28.0. The first-order chi connectivity index (χ1) is 12.2. The van der Waals surface area contributed by atoms with E-state index in [1.54, 1.807) is 30.5 Å². The maximum Gasteiger partial charge on any atom is 0.257 e. The third-order valence-electron chi connectivity index (χ3n) is 3.84. The fourth-order valence-corrected chi connectivity index (χ4v) is 2.45. The van der Waals surface area contributed by atoms with Crippen molar-refractivity contribution < 1.29 is 14.3 Å². The molecule has 3 N–H and O–H groups in total. The number of benzene rings is 1. The number of rotatable bonds is 5. The van der Waals surface area contributed by atoms with Crippen LogP contribution < -0.4 is 16.0 Å². The number of amides is 2. The van der Waals surface area contributed by atoms with E-state index in [1.807, 2.05) is 12.1 Å². The van der Waals surface area contributed by atoms with Crippen molar-refractivity contribution in [3.63, 3.8) is 0 Å². The summed E-state index contributed by atoms with van der Waals surface area (Å²) in [5.74, 6) is -0.286. The molecule has 27 heavy (non-hydrogen) atoms. The quantitative estimate of drug-likeness (QED) is 0.695. The Bertz CT molecular complexity index is 723. The molecule has 1 atom stereocenters. The van der Waals surface area contributed by atoms with Gasteiger partial charge in [0.2, 0.25) is 5.91 Å². The van der Waals surface area contributed by atoms with Crippen LogP contribution >= 0.6 is 24.8 Å². The lowest BCUT2D eigenvalue weighted by atomic mass is 10.2. The highest BCUT2D eigenvalue weighted by molar-refractivity contribution is 6.04. The molecular formula is C18H22Cl2N4O3. The smallest absolute Gasteiger partial charge is 0.257 e. The van der Waals surface area contributed by atoms with Gasteiger partial charge in [-0.2, -0.15) is 0 Å². The first-order valence-corrected chi connectivity index (χ1v) is 8.11. The van der Waals surface area contributed by atoms with Gasteiger partial charge in [0.05, 0.1) is 18.8 Å². The van der Waals surface area contributed by atoms with Gasteiger partial charge in [0.25, 0.3) is 5.91 Å². The number of halogens is 2. The molecule has 0 radical (unpaired) electrons. The summed E-state index contributed by atoms with van der Waals surface area (Å²) >= 11 is 0. The lowest BCUT2D eigenvalue weighted by molar-refractivity contribution is -0.126. The summed E-state index contributed by atoms with van der Waals surface area (Å²) < 4.78 is 5.28. The van der Waals surface area contributed by atoms with Crippen LogP contribution in [-0.4, -0.2) is 42.6 Å². The van der Waals surface area contributed by atoms with Crippen LogP contribution in [0.15, 0.2) is 48.8 Å². The van der Waals surface area contributed by atoms with Gasteiger partial charge in [0.1, 0.15) is 6.04 Å². The first kappa shape index (κ1) is 22.9. The predicted molar refractivity (Wildman–Crippen MR) is 108 cm³/mol. The zero-order valence-corrected chi connectivity index (χ0v) is 16.1. The molecule has 1 aromatic carbocycles. The van der Waals surface area contributed by atoms with Crippen LogP contribution in [0.5, 0.6) is 0 Å². The van der Waals surface area contributed by atoms with E-state index in [2.05, 4.69) is 20.9 Å². The van der Waals surface area contributed by atoms with Gasteiger partial charge in [-0.05, 0) is 29.8 Å². The topological polar surface area (TPSA) is 92.4 Å². The minimum atomic E-state index is -0.299. The molecule has 9 heteroatoms. The van der Waals surface area contributed by atoms with Gasteiger partial charge in [0.15, 0.2) is 0 Å². The Morgan fingerprint density at radius 3 is 2.59 bits per heavy atom. The average molecular weight is 413 g/mol. The highest BCUT2D eigenvalue weighted by Crippen LogP contribution is 2.11. The van der Waals surface area contributed by atoms with E-state index in [1.165, 1.54) is 6.20 Å². The SMILES string of the molecule is Cl.Cl.O=C(Nc1ccc(CNC(=O)C2COCCN2)cc1)c1cccnc1. The van der Waals surface area contributed by atoms with Crippen LogP contribution in [0.25, 0.3) is 0 Å². The van der Waals surface area contributed by atoms with Crippen molar-refractivity contribution in [1.29, 1.82) is 0 Å². The molecule has 1 saturated heterocycles. The third-order valence-corrected chi connectivity index (χ3v) is 3.84. The van der Waals surface area contributed by atoms with Gasteiger partial charge in [-0.1, -0.05) is 12.1 Å². The molecule has 1 unspecified atom stereocenters. The predicted octanol–water partition coefficient (Wildman–Crippen LogP) is 1.78. The highest BCUT2D eigenvalue weighted by atomic mass is 35.5. The van der Waals surface area contributed by atoms with Crippen molar-refractivity contribution in [2.75, 3.05) is 25.1 Å². The lowest BCUT2D eigenvalue weighted by Crippen LogP contribution is -2.51. The average Bonchev–Trinajstić information content (AvgIpc) is 2.68. The van der Waals surface area contributed by atoms with Crippen molar-refractivity contribution in [2.24, 2.45) is 0 Å². The Balaban J connectivity index is 0.00000182. The van der Waals surface area contributed by atoms with E-state index in [-0.39, 0.29) is 42.7 Å². The summed E-state index contributed by atoms with van der Waals surface area (Å²) in [6, 6.07) is 10.5. The highest BCUT2D eigenvalue weighted by Gasteiger charge is 2.20. The fourth-order valence-electron chi connectivity index (χ4n) is 2.45. The second-order valence-corrected chi connectivity index (χ2v) is 5.69. The fraction of sp³-hybridized carbons (Fsp3) is 0.278. The molecule has 7 nitrogen and oxygen atoms in total. The number of morpholine rings is 1. The molecule has 0 aliphatic carbocycles. The molecule has 146 valence electrons. The van der Waals surface area contributed by atoms with Gasteiger partial charge < -0.3 is 20.7 Å². The largest absolute Gasteiger partial charge is 0.378 e. The Morgan fingerprint density at radius 2 is 1.96 bits per heavy atom. The van der Waals surface area contributed by atoms with Crippen LogP contribution in [0.2, 0.25) is 0 Å². The monoisotopic (exact) mass is 412 g/mol. The number of nitrogens with one attached hydrogen (secondary N) is 3. The Labute approximate surface area is 170 Å². The van der Waals surface area contributed by atoms with E-state index >= 15 is 0 Å². The first-order valence-electron chi connectivity index (χ1n) is 8.11. The van der Waals surface area contributed by atoms with Gasteiger partial charge in [-0.15, -0.1) is 24.8 Å². The zero-order chi connectivity index (χ0) is 17.5. The van der Waals surface area contributed by atoms with Gasteiger partial charge in [0, 0.05) is 31.2 Å². The number of hydrogen-bond acceptors (Lipinski definition) is 5. The Hall–Kier alpha value is -2.19. The summed E-state index contributed by atoms with van der Waals surface area (Å²) in [6.45, 7) is 2.14. The number of carbonyl (C=O) groups excluding carboxylic acids is 2. The Morgan fingerprint density at radius 1 is 1.19 bits per heavy atom. The van der Waals surface area contributed by atoms with Gasteiger partial charge in [-0.25, -0.2) is 0 Å². The van der Waals surface area contributed by atoms with Crippen molar-refractivity contribution in [3.05, 3.63) is 59.9 Å². The number of carbonyl (C=O) groups is 2. The van der Waals surface area contributed by atoms with Crippen LogP contribution in [0.3, 0.4) is 0 Å². The molecular weight excluding hydrogens is 391 g/mol. The normalized spacial score (nSPS) is 15.6. The number of nitrogens with zero attached hydrogens (tertiary/aromatic N) is 1. The second-order valence-electron chi connectivity index (χ2n) is 5.69. The van der Waals surface area contributed by atoms with Crippen molar-refractivity contribution in [1.82, 2.24) is 15.6 Å². The number of hydrogen-bond donors (Lipinski definition) is 3. The van der Waals surface area contributed by atoms with Gasteiger partial charge in [-0.3, -0.25) is 14.6 Å². The van der Waals surface area contributed by atoms with Crippen LogP contribution in [0, 0.1) is 0 Å². The van der Waals surface area contributed by atoms with Gasteiger partial charge >= 0.3 is 0 Å². The van der Waals surface area contributed by atoms with Crippen molar-refractivity contribution in [2.45, 2.75) is 12.6 Å². The molecule has 1 aromatic heterocycles. The second kappa shape index (κ2) is 11.5. The van der Waals surface area contributed by atoms with Crippen LogP contribution in [0.4, 0.5) is 5.69 Å². The van der Waals surface area contributed by atoms with E-state index in [0.29, 0.717) is 37.6 Å². The van der Waals surface area contributed by atoms with E-state index < -0.39 is 0 Å². The number of pyridine rings is 1. The minimum Gasteiger partial charge on any atom is -0.378 e. The molecule has 2 amide bonds. The van der Waals surface area contributed by atoms with E-state index in [9.17, 15) is 9.59 Å². The number of ether oxygens (including phenoxy) is 1. The number of aromatic nitrogens is 1.